The summed E-state index contributed by atoms with van der Waals surface area (Å²) in [6, 6.07) is 10.3. The molecule has 0 fully saturated rings. The average molecular weight is 291 g/mol. The van der Waals surface area contributed by atoms with Gasteiger partial charge in [0.1, 0.15) is 11.3 Å². The first-order chi connectivity index (χ1) is 9.69. The van der Waals surface area contributed by atoms with Gasteiger partial charge in [-0.15, -0.1) is 11.6 Å². The molecule has 1 aromatic carbocycles. The molecular weight excluding hydrogens is 279 g/mol. The van der Waals surface area contributed by atoms with E-state index in [-0.39, 0.29) is 11.6 Å². The molecule has 3 rings (SSSR count). The van der Waals surface area contributed by atoms with Crippen LogP contribution in [0.1, 0.15) is 11.3 Å². The molecule has 20 heavy (non-hydrogen) atoms. The van der Waals surface area contributed by atoms with Crippen LogP contribution >= 0.6 is 11.6 Å². The molecular formula is C15H12ClFN2O. The van der Waals surface area contributed by atoms with E-state index in [1.165, 1.54) is 6.07 Å². The monoisotopic (exact) mass is 290 g/mol. The van der Waals surface area contributed by atoms with Crippen LogP contribution in [0.15, 0.2) is 42.6 Å². The Morgan fingerprint density at radius 3 is 2.95 bits per heavy atom. The summed E-state index contributed by atoms with van der Waals surface area (Å²) in [6.07, 6.45) is 1.85. The van der Waals surface area contributed by atoms with Crippen molar-refractivity contribution in [2.24, 2.45) is 0 Å². The Kier molecular flexibility index (Phi) is 3.32. The highest BCUT2D eigenvalue weighted by atomic mass is 35.5. The number of imidazole rings is 1. The van der Waals surface area contributed by atoms with Crippen LogP contribution in [0.5, 0.6) is 11.6 Å². The van der Waals surface area contributed by atoms with Crippen LogP contribution < -0.4 is 4.74 Å². The lowest BCUT2D eigenvalue weighted by Crippen LogP contribution is -1.94. The summed E-state index contributed by atoms with van der Waals surface area (Å²) in [5.41, 5.74) is 2.33. The Morgan fingerprint density at radius 1 is 1.30 bits per heavy atom. The zero-order valence-corrected chi connectivity index (χ0v) is 11.6. The molecule has 0 bridgehead atoms. The number of rotatable bonds is 3. The maximum atomic E-state index is 13.8. The SMILES string of the molecule is Cc1ccc(F)c(Oc2nc3ccccn3c2CCl)c1. The number of hydrogen-bond acceptors (Lipinski definition) is 2. The second kappa shape index (κ2) is 5.13. The van der Waals surface area contributed by atoms with E-state index in [1.807, 2.05) is 35.7 Å². The Balaban J connectivity index is 2.08. The number of fused-ring (bicyclic) bond motifs is 1. The number of pyridine rings is 1. The smallest absolute Gasteiger partial charge is 0.242 e. The van der Waals surface area contributed by atoms with Crippen LogP contribution in [-0.4, -0.2) is 9.38 Å². The predicted molar refractivity (Wildman–Crippen MR) is 76.0 cm³/mol. The molecule has 0 aliphatic carbocycles. The molecule has 5 heteroatoms. The number of alkyl halides is 1. The van der Waals surface area contributed by atoms with E-state index >= 15 is 0 Å². The largest absolute Gasteiger partial charge is 0.434 e. The quantitative estimate of drug-likeness (QED) is 0.672. The second-order valence-corrected chi connectivity index (χ2v) is 4.73. The summed E-state index contributed by atoms with van der Waals surface area (Å²) in [5, 5.41) is 0. The van der Waals surface area contributed by atoms with Crippen LogP contribution in [0.4, 0.5) is 4.39 Å². The van der Waals surface area contributed by atoms with E-state index in [4.69, 9.17) is 16.3 Å². The summed E-state index contributed by atoms with van der Waals surface area (Å²) in [5.74, 6) is 0.289. The van der Waals surface area contributed by atoms with Crippen molar-refractivity contribution in [3.05, 3.63) is 59.7 Å². The van der Waals surface area contributed by atoms with Crippen molar-refractivity contribution in [1.29, 1.82) is 0 Å². The Labute approximate surface area is 120 Å². The zero-order valence-electron chi connectivity index (χ0n) is 10.8. The fourth-order valence-corrected chi connectivity index (χ4v) is 2.26. The number of halogens is 2. The summed E-state index contributed by atoms with van der Waals surface area (Å²) >= 11 is 5.96. The molecule has 0 N–H and O–H groups in total. The lowest BCUT2D eigenvalue weighted by molar-refractivity contribution is 0.426. The Bertz CT molecular complexity index is 770. The molecule has 0 spiro atoms. The zero-order chi connectivity index (χ0) is 14.1. The van der Waals surface area contributed by atoms with Crippen LogP contribution in [0.2, 0.25) is 0 Å². The Morgan fingerprint density at radius 2 is 2.15 bits per heavy atom. The highest BCUT2D eigenvalue weighted by Crippen LogP contribution is 2.29. The van der Waals surface area contributed by atoms with E-state index in [9.17, 15) is 4.39 Å². The van der Waals surface area contributed by atoms with Gasteiger partial charge < -0.3 is 4.74 Å². The van der Waals surface area contributed by atoms with E-state index in [1.54, 1.807) is 12.1 Å². The third-order valence-corrected chi connectivity index (χ3v) is 3.27. The molecule has 0 amide bonds. The Hall–Kier alpha value is -2.07. The molecule has 102 valence electrons. The third kappa shape index (κ3) is 2.23. The van der Waals surface area contributed by atoms with Crippen molar-refractivity contribution >= 4 is 17.2 Å². The molecule has 2 heterocycles. The van der Waals surface area contributed by atoms with Gasteiger partial charge in [-0.2, -0.15) is 4.98 Å². The summed E-state index contributed by atoms with van der Waals surface area (Å²) in [7, 11) is 0. The number of nitrogens with zero attached hydrogens (tertiary/aromatic N) is 2. The standard InChI is InChI=1S/C15H12ClFN2O/c1-10-5-6-11(17)13(8-10)20-15-12(9-16)19-7-3-2-4-14(19)18-15/h2-8H,9H2,1H3. The third-order valence-electron chi connectivity index (χ3n) is 3.01. The van der Waals surface area contributed by atoms with Crippen molar-refractivity contribution in [2.45, 2.75) is 12.8 Å². The fraction of sp³-hybridized carbons (Fsp3) is 0.133. The number of aromatic nitrogens is 2. The van der Waals surface area contributed by atoms with Crippen LogP contribution in [0.25, 0.3) is 5.65 Å². The van der Waals surface area contributed by atoms with Crippen molar-refractivity contribution in [1.82, 2.24) is 9.38 Å². The molecule has 3 nitrogen and oxygen atoms in total. The summed E-state index contributed by atoms with van der Waals surface area (Å²) in [4.78, 5) is 4.34. The van der Waals surface area contributed by atoms with Gasteiger partial charge in [-0.1, -0.05) is 12.1 Å². The van der Waals surface area contributed by atoms with Crippen molar-refractivity contribution in [3.8, 4) is 11.6 Å². The van der Waals surface area contributed by atoms with Crippen LogP contribution in [-0.2, 0) is 5.88 Å². The molecule has 0 aliphatic heterocycles. The van der Waals surface area contributed by atoms with Gasteiger partial charge in [0.25, 0.3) is 0 Å². The normalized spacial score (nSPS) is 10.9. The van der Waals surface area contributed by atoms with Crippen molar-refractivity contribution < 1.29 is 9.13 Å². The first-order valence-corrected chi connectivity index (χ1v) is 6.68. The predicted octanol–water partition coefficient (Wildman–Crippen LogP) is 4.31. The molecule has 3 aromatic rings. The number of aryl methyl sites for hydroxylation is 1. The van der Waals surface area contributed by atoms with E-state index < -0.39 is 5.82 Å². The number of ether oxygens (including phenoxy) is 1. The van der Waals surface area contributed by atoms with E-state index in [2.05, 4.69) is 4.98 Å². The van der Waals surface area contributed by atoms with Gasteiger partial charge in [0.05, 0.1) is 5.88 Å². The highest BCUT2D eigenvalue weighted by Gasteiger charge is 2.15. The summed E-state index contributed by atoms with van der Waals surface area (Å²) in [6.45, 7) is 1.87. The topological polar surface area (TPSA) is 26.5 Å². The second-order valence-electron chi connectivity index (χ2n) is 4.46. The summed E-state index contributed by atoms with van der Waals surface area (Å²) < 4.78 is 21.2. The van der Waals surface area contributed by atoms with Crippen LogP contribution in [0.3, 0.4) is 0 Å². The van der Waals surface area contributed by atoms with Gasteiger partial charge in [0, 0.05) is 6.20 Å². The lowest BCUT2D eigenvalue weighted by atomic mass is 10.2. The molecule has 0 atom stereocenters. The lowest BCUT2D eigenvalue weighted by Gasteiger charge is -2.06. The molecule has 2 aromatic heterocycles. The minimum absolute atomic E-state index is 0.153. The molecule has 0 radical (unpaired) electrons. The van der Waals surface area contributed by atoms with Gasteiger partial charge in [0.15, 0.2) is 11.6 Å². The molecule has 0 saturated carbocycles. The first-order valence-electron chi connectivity index (χ1n) is 6.15. The number of hydrogen-bond donors (Lipinski definition) is 0. The van der Waals surface area contributed by atoms with Crippen molar-refractivity contribution in [2.75, 3.05) is 0 Å². The van der Waals surface area contributed by atoms with Gasteiger partial charge in [-0.25, -0.2) is 4.39 Å². The maximum Gasteiger partial charge on any atom is 0.242 e. The number of benzene rings is 1. The van der Waals surface area contributed by atoms with Gasteiger partial charge in [-0.3, -0.25) is 4.40 Å². The average Bonchev–Trinajstić information content (AvgIpc) is 2.80. The maximum absolute atomic E-state index is 13.8. The van der Waals surface area contributed by atoms with Gasteiger partial charge >= 0.3 is 0 Å². The van der Waals surface area contributed by atoms with Crippen molar-refractivity contribution in [3.63, 3.8) is 0 Å². The first kappa shape index (κ1) is 12.9. The van der Waals surface area contributed by atoms with E-state index in [0.29, 0.717) is 17.2 Å². The molecule has 0 saturated heterocycles. The minimum atomic E-state index is -0.423. The van der Waals surface area contributed by atoms with E-state index in [0.717, 1.165) is 5.56 Å². The molecule has 0 unspecified atom stereocenters. The van der Waals surface area contributed by atoms with Crippen LogP contribution in [0, 0.1) is 12.7 Å². The highest BCUT2D eigenvalue weighted by molar-refractivity contribution is 6.17. The fourth-order valence-electron chi connectivity index (χ4n) is 2.02. The van der Waals surface area contributed by atoms with Gasteiger partial charge in [-0.05, 0) is 36.8 Å². The minimum Gasteiger partial charge on any atom is -0.434 e. The molecule has 0 aliphatic rings. The van der Waals surface area contributed by atoms with Gasteiger partial charge in [0.2, 0.25) is 5.88 Å².